The maximum atomic E-state index is 12.8. The molecular weight excluding hydrogens is 210 g/mol. The van der Waals surface area contributed by atoms with E-state index in [0.717, 1.165) is 12.3 Å². The number of pyridine rings is 1. The van der Waals surface area contributed by atoms with E-state index < -0.39 is 17.9 Å². The second-order valence-electron chi connectivity index (χ2n) is 3.58. The van der Waals surface area contributed by atoms with E-state index in [1.54, 1.807) is 0 Å². The molecule has 1 aromatic heterocycles. The molecule has 1 nitrogen and oxygen atoms in total. The van der Waals surface area contributed by atoms with Crippen LogP contribution in [-0.2, 0) is 0 Å². The second kappa shape index (κ2) is 4.16. The molecule has 1 heterocycles. The molecule has 0 spiro atoms. The molecule has 84 valence electrons. The first-order valence-electron chi connectivity index (χ1n) is 4.49. The van der Waals surface area contributed by atoms with Crippen molar-refractivity contribution in [1.29, 1.82) is 0 Å². The highest BCUT2D eigenvalue weighted by Crippen LogP contribution is 2.35. The summed E-state index contributed by atoms with van der Waals surface area (Å²) in [6, 6.07) is 2.54. The number of hydrogen-bond acceptors (Lipinski definition) is 1. The first-order valence-corrected chi connectivity index (χ1v) is 4.49. The van der Waals surface area contributed by atoms with E-state index in [1.165, 1.54) is 6.07 Å². The van der Waals surface area contributed by atoms with Gasteiger partial charge < -0.3 is 0 Å². The van der Waals surface area contributed by atoms with Crippen molar-refractivity contribution < 1.29 is 17.6 Å². The third-order valence-electron chi connectivity index (χ3n) is 1.98. The van der Waals surface area contributed by atoms with Gasteiger partial charge in [0, 0.05) is 17.5 Å². The number of aromatic nitrogens is 1. The summed E-state index contributed by atoms with van der Waals surface area (Å²) in [5.74, 6) is 0.114. The summed E-state index contributed by atoms with van der Waals surface area (Å²) in [6.45, 7) is 3.72. The van der Waals surface area contributed by atoms with Crippen LogP contribution in [0.2, 0.25) is 0 Å². The highest BCUT2D eigenvalue weighted by atomic mass is 19.4. The molecule has 0 bridgehead atoms. The Morgan fingerprint density at radius 1 is 1.20 bits per heavy atom. The Morgan fingerprint density at radius 3 is 2.13 bits per heavy atom. The van der Waals surface area contributed by atoms with E-state index in [-0.39, 0.29) is 5.92 Å². The van der Waals surface area contributed by atoms with Gasteiger partial charge >= 0.3 is 6.18 Å². The minimum absolute atomic E-state index is 0.114. The van der Waals surface area contributed by atoms with Gasteiger partial charge in [-0.25, -0.2) is 4.39 Å². The van der Waals surface area contributed by atoms with Crippen LogP contribution < -0.4 is 0 Å². The molecule has 0 saturated heterocycles. The van der Waals surface area contributed by atoms with Crippen LogP contribution in [0.4, 0.5) is 17.6 Å². The maximum absolute atomic E-state index is 12.8. The van der Waals surface area contributed by atoms with E-state index >= 15 is 0 Å². The van der Waals surface area contributed by atoms with Crippen LogP contribution in [0.3, 0.4) is 0 Å². The lowest BCUT2D eigenvalue weighted by molar-refractivity contribution is -0.182. The zero-order valence-electron chi connectivity index (χ0n) is 8.35. The lowest BCUT2D eigenvalue weighted by atomic mass is 10.1. The van der Waals surface area contributed by atoms with Crippen molar-refractivity contribution in [2.75, 3.05) is 0 Å². The SMILES string of the molecule is CC(C)c1ccc(C(F)C(F)(F)F)cn1. The normalized spacial score (nSPS) is 14.3. The molecule has 0 saturated carbocycles. The zero-order chi connectivity index (χ0) is 11.6. The molecule has 15 heavy (non-hydrogen) atoms. The Labute approximate surface area is 85.1 Å². The summed E-state index contributed by atoms with van der Waals surface area (Å²) in [7, 11) is 0. The molecule has 1 rings (SSSR count). The van der Waals surface area contributed by atoms with Crippen molar-refractivity contribution >= 4 is 0 Å². The van der Waals surface area contributed by atoms with Crippen molar-refractivity contribution in [3.8, 4) is 0 Å². The molecule has 1 unspecified atom stereocenters. The highest BCUT2D eigenvalue weighted by molar-refractivity contribution is 5.19. The Kier molecular flexibility index (Phi) is 3.31. The van der Waals surface area contributed by atoms with Crippen LogP contribution in [0.1, 0.15) is 37.2 Å². The second-order valence-corrected chi connectivity index (χ2v) is 3.58. The van der Waals surface area contributed by atoms with Gasteiger partial charge in [0.1, 0.15) is 0 Å². The van der Waals surface area contributed by atoms with E-state index in [1.807, 2.05) is 13.8 Å². The molecule has 0 aliphatic carbocycles. The van der Waals surface area contributed by atoms with Crippen LogP contribution in [-0.4, -0.2) is 11.2 Å². The average molecular weight is 221 g/mol. The molecule has 0 amide bonds. The monoisotopic (exact) mass is 221 g/mol. The third-order valence-corrected chi connectivity index (χ3v) is 1.98. The summed E-state index contributed by atoms with van der Waals surface area (Å²) in [5, 5.41) is 0. The van der Waals surface area contributed by atoms with E-state index in [4.69, 9.17) is 0 Å². The van der Waals surface area contributed by atoms with E-state index in [2.05, 4.69) is 4.98 Å². The van der Waals surface area contributed by atoms with Gasteiger partial charge in [0.15, 0.2) is 0 Å². The van der Waals surface area contributed by atoms with Gasteiger partial charge in [0.05, 0.1) is 0 Å². The Balaban J connectivity index is 2.89. The summed E-state index contributed by atoms with van der Waals surface area (Å²) in [5.41, 5.74) is 0.194. The lowest BCUT2D eigenvalue weighted by Crippen LogP contribution is -2.16. The number of alkyl halides is 4. The van der Waals surface area contributed by atoms with Crippen LogP contribution in [0, 0.1) is 0 Å². The molecule has 0 aliphatic rings. The number of rotatable bonds is 2. The Morgan fingerprint density at radius 2 is 1.80 bits per heavy atom. The molecule has 0 aliphatic heterocycles. The average Bonchev–Trinajstić information content (AvgIpc) is 2.15. The summed E-state index contributed by atoms with van der Waals surface area (Å²) < 4.78 is 48.8. The van der Waals surface area contributed by atoms with Gasteiger partial charge in [-0.05, 0) is 12.0 Å². The predicted molar refractivity (Wildman–Crippen MR) is 48.2 cm³/mol. The lowest BCUT2D eigenvalue weighted by Gasteiger charge is -2.12. The fourth-order valence-corrected chi connectivity index (χ4v) is 1.10. The summed E-state index contributed by atoms with van der Waals surface area (Å²) in [4.78, 5) is 3.77. The predicted octanol–water partition coefficient (Wildman–Crippen LogP) is 3.78. The van der Waals surface area contributed by atoms with Crippen LogP contribution in [0.15, 0.2) is 18.3 Å². The zero-order valence-corrected chi connectivity index (χ0v) is 8.35. The Bertz CT molecular complexity index is 315. The number of halogens is 4. The molecule has 0 fully saturated rings. The molecule has 1 atom stereocenters. The Hall–Kier alpha value is -1.13. The van der Waals surface area contributed by atoms with Gasteiger partial charge in [0.25, 0.3) is 0 Å². The van der Waals surface area contributed by atoms with Gasteiger partial charge in [-0.3, -0.25) is 4.98 Å². The van der Waals surface area contributed by atoms with Crippen molar-refractivity contribution in [2.45, 2.75) is 32.1 Å². The largest absolute Gasteiger partial charge is 0.423 e. The quantitative estimate of drug-likeness (QED) is 0.692. The topological polar surface area (TPSA) is 12.9 Å². The van der Waals surface area contributed by atoms with Crippen LogP contribution >= 0.6 is 0 Å². The molecule has 0 aromatic carbocycles. The minimum atomic E-state index is -4.86. The van der Waals surface area contributed by atoms with Gasteiger partial charge in [-0.2, -0.15) is 13.2 Å². The fourth-order valence-electron chi connectivity index (χ4n) is 1.10. The highest BCUT2D eigenvalue weighted by Gasteiger charge is 2.41. The maximum Gasteiger partial charge on any atom is 0.423 e. The van der Waals surface area contributed by atoms with Crippen molar-refractivity contribution in [2.24, 2.45) is 0 Å². The summed E-state index contributed by atoms with van der Waals surface area (Å²) >= 11 is 0. The first kappa shape index (κ1) is 11.9. The summed E-state index contributed by atoms with van der Waals surface area (Å²) in [6.07, 6.45) is -6.87. The van der Waals surface area contributed by atoms with Crippen molar-refractivity contribution in [3.63, 3.8) is 0 Å². The van der Waals surface area contributed by atoms with Crippen molar-refractivity contribution in [3.05, 3.63) is 29.6 Å². The third kappa shape index (κ3) is 2.91. The standard InChI is InChI=1S/C10H11F4N/c1-6(2)8-4-3-7(5-15-8)9(11)10(12,13)14/h3-6,9H,1-2H3. The van der Waals surface area contributed by atoms with Crippen LogP contribution in [0.25, 0.3) is 0 Å². The molecule has 1 aromatic rings. The van der Waals surface area contributed by atoms with Gasteiger partial charge in [-0.15, -0.1) is 0 Å². The van der Waals surface area contributed by atoms with E-state index in [0.29, 0.717) is 5.69 Å². The first-order chi connectivity index (χ1) is 6.82. The molecular formula is C10H11F4N. The minimum Gasteiger partial charge on any atom is -0.261 e. The number of hydrogen-bond donors (Lipinski definition) is 0. The van der Waals surface area contributed by atoms with E-state index in [9.17, 15) is 17.6 Å². The van der Waals surface area contributed by atoms with Gasteiger partial charge in [0.2, 0.25) is 6.17 Å². The fraction of sp³-hybridized carbons (Fsp3) is 0.500. The van der Waals surface area contributed by atoms with Gasteiger partial charge in [-0.1, -0.05) is 19.9 Å². The smallest absolute Gasteiger partial charge is 0.261 e. The molecule has 0 N–H and O–H groups in total. The number of nitrogens with zero attached hydrogens (tertiary/aromatic N) is 1. The van der Waals surface area contributed by atoms with Crippen molar-refractivity contribution in [1.82, 2.24) is 4.98 Å². The molecule has 5 heteroatoms. The van der Waals surface area contributed by atoms with Crippen LogP contribution in [0.5, 0.6) is 0 Å². The molecule has 0 radical (unpaired) electrons.